The highest BCUT2D eigenvalue weighted by Gasteiger charge is 2.16. The molecule has 0 spiro atoms. The highest BCUT2D eigenvalue weighted by Crippen LogP contribution is 2.19. The fourth-order valence-corrected chi connectivity index (χ4v) is 3.06. The van der Waals surface area contributed by atoms with E-state index in [4.69, 9.17) is 0 Å². The van der Waals surface area contributed by atoms with Gasteiger partial charge in [-0.3, -0.25) is 23.5 Å². The lowest BCUT2D eigenvalue weighted by molar-refractivity contribution is -0.124. The van der Waals surface area contributed by atoms with Crippen LogP contribution < -0.4 is 21.9 Å². The predicted octanol–water partition coefficient (Wildman–Crippen LogP) is 0.386. The average molecular weight is 452 g/mol. The van der Waals surface area contributed by atoms with Crippen molar-refractivity contribution < 1.29 is 22.8 Å². The fraction of sp³-hybridized carbons (Fsp3) is 0.316. The van der Waals surface area contributed by atoms with Crippen LogP contribution in [0.2, 0.25) is 0 Å². The molecule has 0 atom stereocenters. The lowest BCUT2D eigenvalue weighted by Crippen LogP contribution is -2.37. The molecular formula is C19H19F3N6O4. The van der Waals surface area contributed by atoms with Crippen molar-refractivity contribution in [2.45, 2.75) is 19.4 Å². The number of aromatic nitrogens is 4. The summed E-state index contributed by atoms with van der Waals surface area (Å²) < 4.78 is 43.4. The molecule has 0 saturated heterocycles. The van der Waals surface area contributed by atoms with Crippen LogP contribution in [0.25, 0.3) is 11.2 Å². The molecule has 170 valence electrons. The monoisotopic (exact) mass is 452 g/mol. The number of hydrogen-bond acceptors (Lipinski definition) is 5. The van der Waals surface area contributed by atoms with E-state index in [1.165, 1.54) is 29.6 Å². The molecule has 1 aromatic carbocycles. The first-order valence-electron chi connectivity index (χ1n) is 9.42. The van der Waals surface area contributed by atoms with Crippen LogP contribution >= 0.6 is 0 Å². The molecule has 13 heteroatoms. The number of nitrogens with zero attached hydrogens (tertiary/aromatic N) is 4. The molecule has 0 aliphatic carbocycles. The minimum absolute atomic E-state index is 0.00142. The molecule has 0 radical (unpaired) electrons. The molecule has 2 N–H and O–H groups in total. The third-order valence-corrected chi connectivity index (χ3v) is 4.78. The lowest BCUT2D eigenvalue weighted by Gasteiger charge is -2.09. The second-order valence-electron chi connectivity index (χ2n) is 6.97. The van der Waals surface area contributed by atoms with Gasteiger partial charge in [0, 0.05) is 27.1 Å². The summed E-state index contributed by atoms with van der Waals surface area (Å²) in [7, 11) is 2.85. The molecule has 3 rings (SSSR count). The Hall–Kier alpha value is -3.90. The van der Waals surface area contributed by atoms with E-state index in [-0.39, 0.29) is 24.1 Å². The summed E-state index contributed by atoms with van der Waals surface area (Å²) in [6.07, 6.45) is 1.69. The first-order chi connectivity index (χ1) is 15.1. The summed E-state index contributed by atoms with van der Waals surface area (Å²) in [5.41, 5.74) is -1.11. The smallest absolute Gasteiger partial charge is 0.332 e. The average Bonchev–Trinajstić information content (AvgIpc) is 3.19. The number of halogens is 3. The zero-order valence-corrected chi connectivity index (χ0v) is 17.1. The number of rotatable bonds is 7. The summed E-state index contributed by atoms with van der Waals surface area (Å²) >= 11 is 0. The zero-order chi connectivity index (χ0) is 23.6. The van der Waals surface area contributed by atoms with E-state index < -0.39 is 52.7 Å². The Morgan fingerprint density at radius 2 is 1.75 bits per heavy atom. The van der Waals surface area contributed by atoms with Gasteiger partial charge in [-0.2, -0.15) is 0 Å². The molecule has 0 saturated carbocycles. The van der Waals surface area contributed by atoms with Crippen LogP contribution in [0.3, 0.4) is 0 Å². The van der Waals surface area contributed by atoms with Gasteiger partial charge in [0.15, 0.2) is 28.6 Å². The molecule has 0 aliphatic heterocycles. The van der Waals surface area contributed by atoms with Gasteiger partial charge in [0.05, 0.1) is 18.6 Å². The molecule has 32 heavy (non-hydrogen) atoms. The van der Waals surface area contributed by atoms with E-state index in [1.807, 2.05) is 5.32 Å². The van der Waals surface area contributed by atoms with Crippen molar-refractivity contribution in [3.05, 3.63) is 56.7 Å². The number of carbonyl (C=O) groups excluding carboxylic acids is 2. The minimum Gasteiger partial charge on any atom is -0.347 e. The van der Waals surface area contributed by atoms with Crippen LogP contribution in [0.15, 0.2) is 28.0 Å². The number of carbonyl (C=O) groups is 2. The van der Waals surface area contributed by atoms with Crippen molar-refractivity contribution in [2.75, 3.05) is 11.9 Å². The molecule has 0 aliphatic rings. The van der Waals surface area contributed by atoms with Crippen LogP contribution in [0.1, 0.15) is 12.8 Å². The maximum absolute atomic E-state index is 13.6. The molecule has 2 heterocycles. The van der Waals surface area contributed by atoms with E-state index in [1.54, 1.807) is 0 Å². The van der Waals surface area contributed by atoms with Crippen molar-refractivity contribution in [1.82, 2.24) is 24.0 Å². The Bertz CT molecular complexity index is 1330. The molecular weight excluding hydrogens is 433 g/mol. The summed E-state index contributed by atoms with van der Waals surface area (Å²) in [6, 6.07) is 1.53. The summed E-state index contributed by atoms with van der Waals surface area (Å²) in [6.45, 7) is -0.252. The number of benzene rings is 1. The van der Waals surface area contributed by atoms with E-state index >= 15 is 0 Å². The van der Waals surface area contributed by atoms with Gasteiger partial charge in [0.25, 0.3) is 5.56 Å². The van der Waals surface area contributed by atoms with Gasteiger partial charge in [0.1, 0.15) is 0 Å². The second kappa shape index (κ2) is 9.08. The highest BCUT2D eigenvalue weighted by atomic mass is 19.2. The van der Waals surface area contributed by atoms with Crippen molar-refractivity contribution in [3.8, 4) is 0 Å². The number of anilines is 1. The summed E-state index contributed by atoms with van der Waals surface area (Å²) in [4.78, 5) is 52.2. The van der Waals surface area contributed by atoms with Crippen molar-refractivity contribution in [3.63, 3.8) is 0 Å². The van der Waals surface area contributed by atoms with Gasteiger partial charge in [-0.25, -0.2) is 22.9 Å². The van der Waals surface area contributed by atoms with Gasteiger partial charge in [-0.1, -0.05) is 0 Å². The van der Waals surface area contributed by atoms with Gasteiger partial charge >= 0.3 is 5.69 Å². The number of amides is 2. The number of nitrogens with one attached hydrogen (secondary N) is 2. The van der Waals surface area contributed by atoms with Crippen LogP contribution in [0.5, 0.6) is 0 Å². The Kier molecular flexibility index (Phi) is 6.46. The van der Waals surface area contributed by atoms with E-state index in [2.05, 4.69) is 10.3 Å². The SMILES string of the molecule is Cn1c(=O)c2c(ncn2CCCC(=O)NCC(=O)Nc2ccc(F)c(F)c2F)n(C)c1=O. The van der Waals surface area contributed by atoms with Crippen LogP contribution in [-0.4, -0.2) is 37.0 Å². The maximum Gasteiger partial charge on any atom is 0.332 e. The Morgan fingerprint density at radius 3 is 2.47 bits per heavy atom. The Morgan fingerprint density at radius 1 is 1.03 bits per heavy atom. The molecule has 0 unspecified atom stereocenters. The molecule has 2 aromatic heterocycles. The lowest BCUT2D eigenvalue weighted by atomic mass is 10.2. The van der Waals surface area contributed by atoms with Crippen LogP contribution in [0.4, 0.5) is 18.9 Å². The van der Waals surface area contributed by atoms with E-state index in [0.717, 1.165) is 10.6 Å². The van der Waals surface area contributed by atoms with Crippen molar-refractivity contribution >= 4 is 28.7 Å². The second-order valence-corrected chi connectivity index (χ2v) is 6.97. The molecule has 2 amide bonds. The number of hydrogen-bond donors (Lipinski definition) is 2. The first kappa shape index (κ1) is 22.8. The Balaban J connectivity index is 1.53. The molecule has 0 fully saturated rings. The van der Waals surface area contributed by atoms with Gasteiger partial charge < -0.3 is 15.2 Å². The zero-order valence-electron chi connectivity index (χ0n) is 17.1. The fourth-order valence-electron chi connectivity index (χ4n) is 3.06. The molecule has 3 aromatic rings. The van der Waals surface area contributed by atoms with Crippen LogP contribution in [0, 0.1) is 17.5 Å². The maximum atomic E-state index is 13.6. The number of fused-ring (bicyclic) bond motifs is 1. The van der Waals surface area contributed by atoms with E-state index in [9.17, 15) is 32.3 Å². The van der Waals surface area contributed by atoms with Gasteiger partial charge in [-0.05, 0) is 18.6 Å². The topological polar surface area (TPSA) is 120 Å². The van der Waals surface area contributed by atoms with Crippen LogP contribution in [-0.2, 0) is 30.2 Å². The van der Waals surface area contributed by atoms with Crippen molar-refractivity contribution in [1.29, 1.82) is 0 Å². The summed E-state index contributed by atoms with van der Waals surface area (Å²) in [5.74, 6) is -5.96. The number of imidazole rings is 1. The first-order valence-corrected chi connectivity index (χ1v) is 9.42. The largest absolute Gasteiger partial charge is 0.347 e. The van der Waals surface area contributed by atoms with Gasteiger partial charge in [0.2, 0.25) is 11.8 Å². The minimum atomic E-state index is -1.71. The van der Waals surface area contributed by atoms with E-state index in [0.29, 0.717) is 12.5 Å². The molecule has 0 bridgehead atoms. The predicted molar refractivity (Wildman–Crippen MR) is 107 cm³/mol. The highest BCUT2D eigenvalue weighted by molar-refractivity contribution is 5.94. The third kappa shape index (κ3) is 4.40. The Labute approximate surface area is 178 Å². The van der Waals surface area contributed by atoms with Gasteiger partial charge in [-0.15, -0.1) is 0 Å². The standard InChI is InChI=1S/C19H19F3N6O4/c1-26-17-16(18(31)27(2)19(26)32)28(9-24-17)7-3-4-12(29)23-8-13(30)25-11-6-5-10(20)14(21)15(11)22/h5-6,9H,3-4,7-8H2,1-2H3,(H,23,29)(H,25,30). The number of aryl methyl sites for hydroxylation is 2. The summed E-state index contributed by atoms with van der Waals surface area (Å²) in [5, 5.41) is 4.37. The van der Waals surface area contributed by atoms with Crippen molar-refractivity contribution in [2.24, 2.45) is 14.1 Å². The third-order valence-electron chi connectivity index (χ3n) is 4.78. The quantitative estimate of drug-likeness (QED) is 0.503. The normalized spacial score (nSPS) is 11.0. The molecule has 10 nitrogen and oxygen atoms in total.